The van der Waals surface area contributed by atoms with Crippen LogP contribution in [0.2, 0.25) is 10.1 Å². The molecule has 6 nitrogen and oxygen atoms in total. The first-order valence-electron chi connectivity index (χ1n) is 18.4. The molecule has 1 aromatic heterocycles. The molecular weight excluding hydrogens is 675 g/mol. The minimum Gasteiger partial charge on any atom is -0.407 e. The van der Waals surface area contributed by atoms with Gasteiger partial charge in [-0.05, 0) is 49.2 Å². The summed E-state index contributed by atoms with van der Waals surface area (Å²) in [6, 6.07) is 44.5. The van der Waals surface area contributed by atoms with Crippen LogP contribution < -0.4 is 32.2 Å². The molecule has 1 heterocycles. The molecule has 3 atom stereocenters. The van der Waals surface area contributed by atoms with Gasteiger partial charge in [-0.1, -0.05) is 175 Å². The monoisotopic (exact) mass is 727 g/mol. The summed E-state index contributed by atoms with van der Waals surface area (Å²) >= 11 is 0. The molecule has 0 saturated heterocycles. The summed E-state index contributed by atoms with van der Waals surface area (Å²) in [4.78, 5) is 17.6. The van der Waals surface area contributed by atoms with E-state index < -0.39 is 16.6 Å². The Labute approximate surface area is 311 Å². The zero-order valence-corrected chi connectivity index (χ0v) is 33.4. The zero-order valence-electron chi connectivity index (χ0n) is 31.4. The van der Waals surface area contributed by atoms with Crippen LogP contribution >= 0.6 is 0 Å². The first-order valence-corrected chi connectivity index (χ1v) is 22.2. The quantitative estimate of drug-likeness (QED) is 0.121. The number of hydrogen-bond acceptors (Lipinski definition) is 5. The molecule has 6 rings (SSSR count). The molecule has 0 fully saturated rings. The molecule has 0 amide bonds. The second kappa shape index (κ2) is 15.3. The Morgan fingerprint density at radius 2 is 1.06 bits per heavy atom. The average Bonchev–Trinajstić information content (AvgIpc) is 3.13. The van der Waals surface area contributed by atoms with E-state index in [-0.39, 0.29) is 39.5 Å². The molecule has 0 aliphatic heterocycles. The van der Waals surface area contributed by atoms with E-state index in [0.29, 0.717) is 13.2 Å². The van der Waals surface area contributed by atoms with Crippen LogP contribution in [0.1, 0.15) is 54.0 Å². The number of hydrogen-bond donors (Lipinski definition) is 1. The minimum absolute atomic E-state index is 0.0549. The van der Waals surface area contributed by atoms with E-state index in [0.717, 1.165) is 6.42 Å². The maximum atomic E-state index is 13.5. The minimum atomic E-state index is -2.89. The molecule has 0 spiro atoms. The third-order valence-corrected chi connectivity index (χ3v) is 20.8. The van der Waals surface area contributed by atoms with Crippen molar-refractivity contribution in [3.05, 3.63) is 156 Å². The maximum absolute atomic E-state index is 13.5. The van der Waals surface area contributed by atoms with Gasteiger partial charge in [0.25, 0.3) is 16.6 Å². The molecule has 8 heteroatoms. The summed E-state index contributed by atoms with van der Waals surface area (Å²) in [5.41, 5.74) is 5.62. The number of rotatable bonds is 11. The Balaban J connectivity index is 1.46. The van der Waals surface area contributed by atoms with E-state index in [2.05, 4.69) is 180 Å². The molecule has 5 aromatic rings. The van der Waals surface area contributed by atoms with Gasteiger partial charge in [0.1, 0.15) is 5.82 Å². The molecule has 1 aliphatic carbocycles. The van der Waals surface area contributed by atoms with Crippen LogP contribution in [0.4, 0.5) is 5.82 Å². The van der Waals surface area contributed by atoms with Crippen LogP contribution in [0.3, 0.4) is 0 Å². The third kappa shape index (κ3) is 7.17. The number of nitrogen functional groups attached to an aromatic ring is 1. The predicted octanol–water partition coefficient (Wildman–Crippen LogP) is 6.71. The van der Waals surface area contributed by atoms with E-state index in [1.54, 1.807) is 16.8 Å². The summed E-state index contributed by atoms with van der Waals surface area (Å²) in [6.45, 7) is 14.8. The van der Waals surface area contributed by atoms with E-state index in [4.69, 9.17) is 14.6 Å². The van der Waals surface area contributed by atoms with E-state index in [9.17, 15) is 4.79 Å². The molecule has 1 aliphatic rings. The number of nitrogens with zero attached hydrogens (tertiary/aromatic N) is 2. The highest BCUT2D eigenvalue weighted by Gasteiger charge is 2.53. The second-order valence-corrected chi connectivity index (χ2v) is 24.7. The molecular formula is C44H53N3O3Si2. The summed E-state index contributed by atoms with van der Waals surface area (Å²) < 4.78 is 16.9. The van der Waals surface area contributed by atoms with Gasteiger partial charge in [0, 0.05) is 25.3 Å². The highest BCUT2D eigenvalue weighted by atomic mass is 28.4. The van der Waals surface area contributed by atoms with Gasteiger partial charge in [-0.15, -0.1) is 0 Å². The fourth-order valence-electron chi connectivity index (χ4n) is 8.34. The molecule has 2 N–H and O–H groups in total. The number of nitrogens with two attached hydrogens (primary N) is 1. The fourth-order valence-corrected chi connectivity index (χ4v) is 17.6. The smallest absolute Gasteiger partial charge is 0.350 e. The van der Waals surface area contributed by atoms with E-state index in [1.165, 1.54) is 20.7 Å². The standard InChI is InChI=1S/C44H53N3O3Si2/c1-43(2,3)51(35-21-11-7-12-22-35,36-23-13-8-14-24-36)49-32-34-20-19-29-40(47-31-30-41(45)46-42(47)48)39(34)33-50-52(44(4,5)6,37-25-15-9-16-26-37)38-27-17-10-18-28-38/h7-19,21-31,34,39-40H,20,32-33H2,1-6H3,(H2,45,46,48)/t34-,39-,40-/m1/s1. The van der Waals surface area contributed by atoms with Gasteiger partial charge in [0.05, 0.1) is 6.04 Å². The van der Waals surface area contributed by atoms with Crippen molar-refractivity contribution in [2.75, 3.05) is 18.9 Å². The van der Waals surface area contributed by atoms with Gasteiger partial charge >= 0.3 is 5.69 Å². The lowest BCUT2D eigenvalue weighted by Crippen LogP contribution is -2.67. The largest absolute Gasteiger partial charge is 0.407 e. The molecule has 52 heavy (non-hydrogen) atoms. The first kappa shape index (κ1) is 37.4. The van der Waals surface area contributed by atoms with Crippen LogP contribution in [0, 0.1) is 11.8 Å². The predicted molar refractivity (Wildman–Crippen MR) is 220 cm³/mol. The van der Waals surface area contributed by atoms with Crippen molar-refractivity contribution < 1.29 is 8.85 Å². The third-order valence-electron chi connectivity index (χ3n) is 10.8. The van der Waals surface area contributed by atoms with Crippen LogP contribution in [0.25, 0.3) is 0 Å². The van der Waals surface area contributed by atoms with Crippen molar-refractivity contribution in [3.8, 4) is 0 Å². The van der Waals surface area contributed by atoms with Gasteiger partial charge in [-0.25, -0.2) is 4.79 Å². The van der Waals surface area contributed by atoms with Crippen LogP contribution in [-0.2, 0) is 8.85 Å². The maximum Gasteiger partial charge on any atom is 0.350 e. The van der Waals surface area contributed by atoms with Crippen molar-refractivity contribution in [3.63, 3.8) is 0 Å². The van der Waals surface area contributed by atoms with Crippen molar-refractivity contribution >= 4 is 43.2 Å². The number of benzene rings is 4. The highest BCUT2D eigenvalue weighted by Crippen LogP contribution is 2.42. The molecule has 0 saturated carbocycles. The summed E-state index contributed by atoms with van der Waals surface area (Å²) in [6.07, 6.45) is 6.94. The van der Waals surface area contributed by atoms with Gasteiger partial charge < -0.3 is 14.6 Å². The molecule has 0 unspecified atom stereocenters. The number of aromatic nitrogens is 2. The van der Waals surface area contributed by atoms with Crippen molar-refractivity contribution in [2.45, 2.75) is 64.1 Å². The van der Waals surface area contributed by atoms with Gasteiger partial charge in [-0.3, -0.25) is 4.57 Å². The molecule has 0 radical (unpaired) electrons. The SMILES string of the molecule is CC(C)(C)[Si](OC[C@H]1CC=C[C@@H](n2ccc(N)nc2=O)[C@@H]1CO[Si](c1ccccc1)(c1ccccc1)C(C)(C)C)(c1ccccc1)c1ccccc1. The Hall–Kier alpha value is -4.35. The summed E-state index contributed by atoms with van der Waals surface area (Å²) in [7, 11) is -5.72. The van der Waals surface area contributed by atoms with Crippen molar-refractivity contribution in [1.82, 2.24) is 9.55 Å². The normalized spacial score (nSPS) is 18.3. The highest BCUT2D eigenvalue weighted by molar-refractivity contribution is 7.00. The number of anilines is 1. The van der Waals surface area contributed by atoms with E-state index >= 15 is 0 Å². The molecule has 0 bridgehead atoms. The summed E-state index contributed by atoms with van der Waals surface area (Å²) in [5, 5.41) is 4.58. The Kier molecular flexibility index (Phi) is 11.0. The topological polar surface area (TPSA) is 79.4 Å². The molecule has 270 valence electrons. The van der Waals surface area contributed by atoms with Crippen LogP contribution in [-0.4, -0.2) is 39.4 Å². The average molecular weight is 728 g/mol. The lowest BCUT2D eigenvalue weighted by atomic mass is 9.80. The van der Waals surface area contributed by atoms with Gasteiger partial charge in [0.2, 0.25) is 0 Å². The summed E-state index contributed by atoms with van der Waals surface area (Å²) in [5.74, 6) is 0.181. The first-order chi connectivity index (χ1) is 24.9. The van der Waals surface area contributed by atoms with Gasteiger partial charge in [0.15, 0.2) is 0 Å². The van der Waals surface area contributed by atoms with Crippen LogP contribution in [0.15, 0.2) is 151 Å². The Morgan fingerprint density at radius 3 is 1.44 bits per heavy atom. The van der Waals surface area contributed by atoms with Crippen molar-refractivity contribution in [1.29, 1.82) is 0 Å². The Morgan fingerprint density at radius 1 is 0.654 bits per heavy atom. The van der Waals surface area contributed by atoms with E-state index in [1.807, 2.05) is 0 Å². The zero-order chi connectivity index (χ0) is 37.0. The lowest BCUT2D eigenvalue weighted by Gasteiger charge is -2.47. The Bertz CT molecular complexity index is 1910. The number of allylic oxidation sites excluding steroid dienone is 2. The second-order valence-electron chi connectivity index (χ2n) is 16.1. The van der Waals surface area contributed by atoms with Gasteiger partial charge in [-0.2, -0.15) is 4.98 Å². The lowest BCUT2D eigenvalue weighted by molar-refractivity contribution is 0.1000. The van der Waals surface area contributed by atoms with Crippen molar-refractivity contribution in [2.24, 2.45) is 11.8 Å². The fraction of sp³-hybridized carbons (Fsp3) is 0.318. The molecule has 4 aromatic carbocycles. The van der Waals surface area contributed by atoms with Crippen LogP contribution in [0.5, 0.6) is 0 Å².